The first-order valence-corrected chi connectivity index (χ1v) is 9.75. The van der Waals surface area contributed by atoms with Crippen LogP contribution in [0.2, 0.25) is 0 Å². The molecule has 0 unspecified atom stereocenters. The Labute approximate surface area is 155 Å². The average Bonchev–Trinajstić information content (AvgIpc) is 2.64. The van der Waals surface area contributed by atoms with Crippen molar-refractivity contribution in [2.75, 3.05) is 72.2 Å². The lowest BCUT2D eigenvalue weighted by Crippen LogP contribution is -2.82. The number of hydrogen-bond donors (Lipinski definition) is 0. The summed E-state index contributed by atoms with van der Waals surface area (Å²) < 4.78 is 11.0. The van der Waals surface area contributed by atoms with E-state index in [9.17, 15) is 9.59 Å². The summed E-state index contributed by atoms with van der Waals surface area (Å²) in [5.74, 6) is 0.196. The monoisotopic (exact) mass is 366 g/mol. The molecular formula is C18H30N4O4. The third kappa shape index (κ3) is 3.08. The minimum absolute atomic E-state index is 0.00531. The zero-order chi connectivity index (χ0) is 18.3. The van der Waals surface area contributed by atoms with Gasteiger partial charge in [0.25, 0.3) is 0 Å². The van der Waals surface area contributed by atoms with Crippen LogP contribution < -0.4 is 0 Å². The maximum Gasteiger partial charge on any atom is 0.320 e. The minimum Gasteiger partial charge on any atom is -0.378 e. The molecule has 4 rings (SSSR count). The molecule has 0 N–H and O–H groups in total. The molecule has 8 nitrogen and oxygen atoms in total. The number of carbonyl (C=O) groups is 2. The van der Waals surface area contributed by atoms with Crippen molar-refractivity contribution in [3.8, 4) is 0 Å². The number of ether oxygens (including phenoxy) is 2. The molecule has 4 aliphatic heterocycles. The Morgan fingerprint density at radius 1 is 0.923 bits per heavy atom. The SMILES string of the molecule is CC(C)C(=O)N1C[C@@H]2COCCN2C2(C1)CN(C(=O)N1CCOCC1)C2. The molecule has 3 amide bonds. The lowest BCUT2D eigenvalue weighted by atomic mass is 9.82. The van der Waals surface area contributed by atoms with E-state index in [0.29, 0.717) is 52.5 Å². The molecule has 0 aromatic rings. The summed E-state index contributed by atoms with van der Waals surface area (Å²) in [5, 5.41) is 0. The number of likely N-dealkylation sites (tertiary alicyclic amines) is 1. The van der Waals surface area contributed by atoms with E-state index in [-0.39, 0.29) is 29.4 Å². The molecule has 146 valence electrons. The molecule has 4 aliphatic rings. The molecule has 0 aromatic carbocycles. The second-order valence-corrected chi connectivity index (χ2v) is 8.26. The zero-order valence-electron chi connectivity index (χ0n) is 15.9. The number of amides is 3. The Hall–Kier alpha value is -1.38. The van der Waals surface area contributed by atoms with Gasteiger partial charge in [-0.25, -0.2) is 4.79 Å². The van der Waals surface area contributed by atoms with Gasteiger partial charge in [0, 0.05) is 51.7 Å². The van der Waals surface area contributed by atoms with E-state index >= 15 is 0 Å². The van der Waals surface area contributed by atoms with Crippen LogP contribution in [0.15, 0.2) is 0 Å². The van der Waals surface area contributed by atoms with Gasteiger partial charge in [0.05, 0.1) is 38.0 Å². The van der Waals surface area contributed by atoms with Gasteiger partial charge in [0.15, 0.2) is 0 Å². The standard InChI is InChI=1S/C18H30N4O4/c1-14(2)16(23)20-9-15-10-26-8-5-22(15)18(11-20)12-21(13-18)17(24)19-3-6-25-7-4-19/h14-15H,3-13H2,1-2H3/t15-/m1/s1. The van der Waals surface area contributed by atoms with Crippen LogP contribution in [0.5, 0.6) is 0 Å². The fraction of sp³-hybridized carbons (Fsp3) is 0.889. The quantitative estimate of drug-likeness (QED) is 0.637. The van der Waals surface area contributed by atoms with E-state index in [1.165, 1.54) is 0 Å². The van der Waals surface area contributed by atoms with Crippen molar-refractivity contribution in [3.05, 3.63) is 0 Å². The fourth-order valence-corrected chi connectivity index (χ4v) is 4.76. The molecule has 0 aromatic heterocycles. The van der Waals surface area contributed by atoms with Crippen LogP contribution in [0.1, 0.15) is 13.8 Å². The van der Waals surface area contributed by atoms with Crippen LogP contribution in [0, 0.1) is 5.92 Å². The second-order valence-electron chi connectivity index (χ2n) is 8.26. The Kier molecular flexibility index (Phi) is 4.83. The van der Waals surface area contributed by atoms with Gasteiger partial charge in [-0.05, 0) is 0 Å². The molecule has 26 heavy (non-hydrogen) atoms. The largest absolute Gasteiger partial charge is 0.378 e. The van der Waals surface area contributed by atoms with Gasteiger partial charge in [-0.2, -0.15) is 0 Å². The van der Waals surface area contributed by atoms with Crippen LogP contribution in [0.3, 0.4) is 0 Å². The highest BCUT2D eigenvalue weighted by atomic mass is 16.5. The van der Waals surface area contributed by atoms with Gasteiger partial charge in [-0.3, -0.25) is 9.69 Å². The molecule has 1 atom stereocenters. The summed E-state index contributed by atoms with van der Waals surface area (Å²) in [7, 11) is 0. The number of fused-ring (bicyclic) bond motifs is 2. The molecule has 8 heteroatoms. The maximum atomic E-state index is 12.8. The van der Waals surface area contributed by atoms with Crippen LogP contribution in [-0.2, 0) is 14.3 Å². The molecule has 0 bridgehead atoms. The summed E-state index contributed by atoms with van der Waals surface area (Å²) in [6.07, 6.45) is 0. The number of nitrogens with zero attached hydrogens (tertiary/aromatic N) is 4. The van der Waals surface area contributed by atoms with E-state index in [2.05, 4.69) is 4.90 Å². The number of piperazine rings is 1. The van der Waals surface area contributed by atoms with E-state index < -0.39 is 0 Å². The number of urea groups is 1. The predicted molar refractivity (Wildman–Crippen MR) is 94.8 cm³/mol. The predicted octanol–water partition coefficient (Wildman–Crippen LogP) is -0.308. The summed E-state index contributed by atoms with van der Waals surface area (Å²) in [5.41, 5.74) is -0.112. The summed E-state index contributed by atoms with van der Waals surface area (Å²) in [6.45, 7) is 11.6. The van der Waals surface area contributed by atoms with Crippen LogP contribution >= 0.6 is 0 Å². The van der Waals surface area contributed by atoms with E-state index in [1.54, 1.807) is 0 Å². The van der Waals surface area contributed by atoms with E-state index in [4.69, 9.17) is 9.47 Å². The maximum absolute atomic E-state index is 12.8. The Morgan fingerprint density at radius 2 is 1.58 bits per heavy atom. The normalized spacial score (nSPS) is 28.9. The van der Waals surface area contributed by atoms with Gasteiger partial charge < -0.3 is 24.2 Å². The molecule has 4 fully saturated rings. The summed E-state index contributed by atoms with van der Waals surface area (Å²) >= 11 is 0. The van der Waals surface area contributed by atoms with Crippen molar-refractivity contribution in [2.45, 2.75) is 25.4 Å². The van der Waals surface area contributed by atoms with Crippen molar-refractivity contribution in [1.82, 2.24) is 19.6 Å². The molecule has 1 spiro atoms. The highest BCUT2D eigenvalue weighted by molar-refractivity contribution is 5.79. The third-order valence-electron chi connectivity index (χ3n) is 6.08. The Balaban J connectivity index is 1.46. The van der Waals surface area contributed by atoms with Gasteiger partial charge >= 0.3 is 6.03 Å². The first kappa shape index (κ1) is 18.0. The topological polar surface area (TPSA) is 65.6 Å². The van der Waals surface area contributed by atoms with Crippen molar-refractivity contribution in [3.63, 3.8) is 0 Å². The zero-order valence-corrected chi connectivity index (χ0v) is 15.9. The second kappa shape index (κ2) is 6.98. The van der Waals surface area contributed by atoms with Crippen molar-refractivity contribution in [2.24, 2.45) is 5.92 Å². The van der Waals surface area contributed by atoms with Crippen molar-refractivity contribution >= 4 is 11.9 Å². The van der Waals surface area contributed by atoms with Crippen LogP contribution in [-0.4, -0.2) is 115 Å². The summed E-state index contributed by atoms with van der Waals surface area (Å²) in [6, 6.07) is 0.344. The number of carbonyl (C=O) groups excluding carboxylic acids is 2. The lowest BCUT2D eigenvalue weighted by molar-refractivity contribution is -0.171. The first-order chi connectivity index (χ1) is 12.5. The summed E-state index contributed by atoms with van der Waals surface area (Å²) in [4.78, 5) is 33.7. The first-order valence-electron chi connectivity index (χ1n) is 9.75. The third-order valence-corrected chi connectivity index (χ3v) is 6.08. The van der Waals surface area contributed by atoms with Gasteiger partial charge in [0.1, 0.15) is 0 Å². The number of morpholine rings is 2. The molecule has 0 radical (unpaired) electrons. The smallest absolute Gasteiger partial charge is 0.320 e. The lowest BCUT2D eigenvalue weighted by Gasteiger charge is -2.63. The molecular weight excluding hydrogens is 336 g/mol. The molecule has 4 heterocycles. The molecule has 0 saturated carbocycles. The van der Waals surface area contributed by atoms with Gasteiger partial charge in [0.2, 0.25) is 5.91 Å². The molecule has 4 saturated heterocycles. The highest BCUT2D eigenvalue weighted by Gasteiger charge is 2.56. The Morgan fingerprint density at radius 3 is 2.27 bits per heavy atom. The number of hydrogen-bond acceptors (Lipinski definition) is 5. The highest BCUT2D eigenvalue weighted by Crippen LogP contribution is 2.36. The fourth-order valence-electron chi connectivity index (χ4n) is 4.76. The van der Waals surface area contributed by atoms with Gasteiger partial charge in [-0.15, -0.1) is 0 Å². The Bertz CT molecular complexity index is 557. The average molecular weight is 366 g/mol. The van der Waals surface area contributed by atoms with Gasteiger partial charge in [-0.1, -0.05) is 13.8 Å². The van der Waals surface area contributed by atoms with Crippen LogP contribution in [0.4, 0.5) is 4.79 Å². The van der Waals surface area contributed by atoms with Crippen LogP contribution in [0.25, 0.3) is 0 Å². The number of rotatable bonds is 1. The minimum atomic E-state index is -0.112. The van der Waals surface area contributed by atoms with E-state index in [0.717, 1.165) is 19.7 Å². The van der Waals surface area contributed by atoms with Crippen molar-refractivity contribution in [1.29, 1.82) is 0 Å². The molecule has 0 aliphatic carbocycles. The van der Waals surface area contributed by atoms with Crippen molar-refractivity contribution < 1.29 is 19.1 Å². The van der Waals surface area contributed by atoms with E-state index in [1.807, 2.05) is 28.5 Å².